The van der Waals surface area contributed by atoms with Crippen LogP contribution < -0.4 is 10.2 Å². The standard InChI is InChI=1S/C18H25N3O3/c1-4-21(5-2)17-9-8-14(12-19-17)18(23)20-13(3)11-15(22)16-7-6-10-24-16/h6-10,12-13,15,22H,4-5,11H2,1-3H3,(H,20,23). The molecular formula is C18H25N3O3. The molecule has 0 aromatic carbocycles. The fourth-order valence-electron chi connectivity index (χ4n) is 2.55. The minimum Gasteiger partial charge on any atom is -0.467 e. The molecule has 2 N–H and O–H groups in total. The van der Waals surface area contributed by atoms with Crippen LogP contribution in [0.5, 0.6) is 0 Å². The van der Waals surface area contributed by atoms with Crippen molar-refractivity contribution in [3.05, 3.63) is 48.0 Å². The van der Waals surface area contributed by atoms with Gasteiger partial charge in [0, 0.05) is 31.7 Å². The van der Waals surface area contributed by atoms with Crippen LogP contribution in [0.15, 0.2) is 41.1 Å². The number of anilines is 1. The van der Waals surface area contributed by atoms with Gasteiger partial charge in [-0.05, 0) is 45.0 Å². The number of carbonyl (C=O) groups is 1. The van der Waals surface area contributed by atoms with Crippen molar-refractivity contribution < 1.29 is 14.3 Å². The Kier molecular flexibility index (Phi) is 6.37. The molecule has 0 bridgehead atoms. The number of hydrogen-bond acceptors (Lipinski definition) is 5. The number of amides is 1. The molecule has 2 aromatic rings. The maximum absolute atomic E-state index is 12.3. The van der Waals surface area contributed by atoms with Gasteiger partial charge in [-0.25, -0.2) is 4.98 Å². The fraction of sp³-hybridized carbons (Fsp3) is 0.444. The molecule has 0 aliphatic carbocycles. The first kappa shape index (κ1) is 18.0. The maximum Gasteiger partial charge on any atom is 0.253 e. The molecule has 0 spiro atoms. The zero-order valence-corrected chi connectivity index (χ0v) is 14.4. The first-order valence-electron chi connectivity index (χ1n) is 8.28. The quantitative estimate of drug-likeness (QED) is 0.777. The topological polar surface area (TPSA) is 78.6 Å². The highest BCUT2D eigenvalue weighted by Gasteiger charge is 2.17. The van der Waals surface area contributed by atoms with Gasteiger partial charge in [0.2, 0.25) is 0 Å². The normalized spacial score (nSPS) is 13.3. The van der Waals surface area contributed by atoms with Crippen molar-refractivity contribution >= 4 is 11.7 Å². The van der Waals surface area contributed by atoms with Crippen molar-refractivity contribution in [3.63, 3.8) is 0 Å². The first-order valence-corrected chi connectivity index (χ1v) is 8.28. The van der Waals surface area contributed by atoms with E-state index in [1.165, 1.54) is 6.26 Å². The van der Waals surface area contributed by atoms with Crippen LogP contribution >= 0.6 is 0 Å². The Balaban J connectivity index is 1.91. The number of pyridine rings is 1. The zero-order valence-electron chi connectivity index (χ0n) is 14.4. The van der Waals surface area contributed by atoms with Gasteiger partial charge in [0.25, 0.3) is 5.91 Å². The van der Waals surface area contributed by atoms with E-state index in [0.29, 0.717) is 17.7 Å². The fourth-order valence-corrected chi connectivity index (χ4v) is 2.55. The first-order chi connectivity index (χ1) is 11.5. The molecule has 2 atom stereocenters. The third-order valence-electron chi connectivity index (χ3n) is 3.92. The third kappa shape index (κ3) is 4.58. The molecule has 130 valence electrons. The monoisotopic (exact) mass is 331 g/mol. The second-order valence-electron chi connectivity index (χ2n) is 5.72. The van der Waals surface area contributed by atoms with Crippen molar-refractivity contribution in [1.82, 2.24) is 10.3 Å². The van der Waals surface area contributed by atoms with E-state index in [1.807, 2.05) is 13.0 Å². The van der Waals surface area contributed by atoms with Crippen molar-refractivity contribution in [2.24, 2.45) is 0 Å². The molecule has 24 heavy (non-hydrogen) atoms. The molecule has 0 radical (unpaired) electrons. The van der Waals surface area contributed by atoms with Crippen LogP contribution in [-0.4, -0.2) is 35.1 Å². The minimum absolute atomic E-state index is 0.194. The Labute approximate surface area is 142 Å². The number of rotatable bonds is 8. The molecule has 2 aromatic heterocycles. The largest absolute Gasteiger partial charge is 0.467 e. The Morgan fingerprint density at radius 3 is 2.62 bits per heavy atom. The van der Waals surface area contributed by atoms with Gasteiger partial charge in [0.15, 0.2) is 0 Å². The van der Waals surface area contributed by atoms with Crippen LogP contribution in [0.2, 0.25) is 0 Å². The van der Waals surface area contributed by atoms with Gasteiger partial charge in [-0.1, -0.05) is 0 Å². The number of nitrogens with one attached hydrogen (secondary N) is 1. The Morgan fingerprint density at radius 1 is 1.33 bits per heavy atom. The number of furan rings is 1. The summed E-state index contributed by atoms with van der Waals surface area (Å²) in [5.74, 6) is 1.16. The molecule has 0 aliphatic heterocycles. The highest BCUT2D eigenvalue weighted by atomic mass is 16.4. The van der Waals surface area contributed by atoms with E-state index in [0.717, 1.165) is 18.9 Å². The number of nitrogens with zero attached hydrogens (tertiary/aromatic N) is 2. The van der Waals surface area contributed by atoms with Crippen LogP contribution in [0, 0.1) is 0 Å². The van der Waals surface area contributed by atoms with E-state index < -0.39 is 6.10 Å². The van der Waals surface area contributed by atoms with E-state index in [1.54, 1.807) is 24.4 Å². The summed E-state index contributed by atoms with van der Waals surface area (Å²) in [6, 6.07) is 6.87. The van der Waals surface area contributed by atoms with Gasteiger partial charge in [0.1, 0.15) is 17.7 Å². The summed E-state index contributed by atoms with van der Waals surface area (Å²) in [6.45, 7) is 7.73. The molecule has 0 saturated carbocycles. The molecule has 0 fully saturated rings. The van der Waals surface area contributed by atoms with E-state index in [2.05, 4.69) is 29.0 Å². The zero-order chi connectivity index (χ0) is 17.5. The smallest absolute Gasteiger partial charge is 0.253 e. The summed E-state index contributed by atoms with van der Waals surface area (Å²) >= 11 is 0. The van der Waals surface area contributed by atoms with Crippen LogP contribution in [0.1, 0.15) is 49.4 Å². The Morgan fingerprint density at radius 2 is 2.08 bits per heavy atom. The van der Waals surface area contributed by atoms with Gasteiger partial charge >= 0.3 is 0 Å². The number of aliphatic hydroxyl groups is 1. The molecule has 6 heteroatoms. The predicted octanol–water partition coefficient (Wildman–Crippen LogP) is 2.76. The average molecular weight is 331 g/mol. The number of aliphatic hydroxyl groups excluding tert-OH is 1. The molecular weight excluding hydrogens is 306 g/mol. The predicted molar refractivity (Wildman–Crippen MR) is 93.0 cm³/mol. The van der Waals surface area contributed by atoms with E-state index in [-0.39, 0.29) is 11.9 Å². The van der Waals surface area contributed by atoms with Crippen molar-refractivity contribution in [2.75, 3.05) is 18.0 Å². The van der Waals surface area contributed by atoms with E-state index in [4.69, 9.17) is 4.42 Å². The summed E-state index contributed by atoms with van der Waals surface area (Å²) in [4.78, 5) is 18.7. The molecule has 2 heterocycles. The maximum atomic E-state index is 12.3. The molecule has 0 aliphatic rings. The van der Waals surface area contributed by atoms with Crippen molar-refractivity contribution in [2.45, 2.75) is 39.3 Å². The average Bonchev–Trinajstić information content (AvgIpc) is 3.11. The molecule has 0 saturated heterocycles. The lowest BCUT2D eigenvalue weighted by Crippen LogP contribution is -2.34. The molecule has 1 amide bonds. The van der Waals surface area contributed by atoms with Crippen LogP contribution in [0.3, 0.4) is 0 Å². The van der Waals surface area contributed by atoms with E-state index >= 15 is 0 Å². The lowest BCUT2D eigenvalue weighted by Gasteiger charge is -2.20. The van der Waals surface area contributed by atoms with Crippen LogP contribution in [-0.2, 0) is 0 Å². The van der Waals surface area contributed by atoms with Gasteiger partial charge in [-0.3, -0.25) is 4.79 Å². The lowest BCUT2D eigenvalue weighted by molar-refractivity contribution is 0.0903. The van der Waals surface area contributed by atoms with E-state index in [9.17, 15) is 9.90 Å². The minimum atomic E-state index is -0.738. The Hall–Kier alpha value is -2.34. The van der Waals surface area contributed by atoms with Gasteiger partial charge < -0.3 is 19.7 Å². The third-order valence-corrected chi connectivity index (χ3v) is 3.92. The van der Waals surface area contributed by atoms with Gasteiger partial charge in [-0.15, -0.1) is 0 Å². The summed E-state index contributed by atoms with van der Waals surface area (Å²) in [5, 5.41) is 12.9. The molecule has 2 rings (SSSR count). The summed E-state index contributed by atoms with van der Waals surface area (Å²) in [5.41, 5.74) is 0.505. The van der Waals surface area contributed by atoms with Crippen LogP contribution in [0.4, 0.5) is 5.82 Å². The van der Waals surface area contributed by atoms with Crippen molar-refractivity contribution in [1.29, 1.82) is 0 Å². The summed E-state index contributed by atoms with van der Waals surface area (Å²) in [6.07, 6.45) is 2.74. The highest BCUT2D eigenvalue weighted by molar-refractivity contribution is 5.94. The number of carbonyl (C=O) groups excluding carboxylic acids is 1. The highest BCUT2D eigenvalue weighted by Crippen LogP contribution is 2.18. The molecule has 2 unspecified atom stereocenters. The van der Waals surface area contributed by atoms with Crippen LogP contribution in [0.25, 0.3) is 0 Å². The van der Waals surface area contributed by atoms with Crippen molar-refractivity contribution in [3.8, 4) is 0 Å². The van der Waals surface area contributed by atoms with Gasteiger partial charge in [-0.2, -0.15) is 0 Å². The Bertz CT molecular complexity index is 621. The molecule has 6 nitrogen and oxygen atoms in total. The second-order valence-corrected chi connectivity index (χ2v) is 5.72. The second kappa shape index (κ2) is 8.49. The number of hydrogen-bond donors (Lipinski definition) is 2. The number of aromatic nitrogens is 1. The lowest BCUT2D eigenvalue weighted by atomic mass is 10.1. The van der Waals surface area contributed by atoms with Gasteiger partial charge in [0.05, 0.1) is 11.8 Å². The SMILES string of the molecule is CCN(CC)c1ccc(C(=O)NC(C)CC(O)c2ccco2)cn1. The summed E-state index contributed by atoms with van der Waals surface area (Å²) in [7, 11) is 0. The summed E-state index contributed by atoms with van der Waals surface area (Å²) < 4.78 is 5.17.